The highest BCUT2D eigenvalue weighted by Gasteiger charge is 2.37. The predicted molar refractivity (Wildman–Crippen MR) is 91.7 cm³/mol. The number of halogens is 7. The molecule has 0 radical (unpaired) electrons. The van der Waals surface area contributed by atoms with E-state index in [0.29, 0.717) is 0 Å². The molecule has 1 aromatic carbocycles. The molecule has 0 aliphatic heterocycles. The van der Waals surface area contributed by atoms with E-state index >= 15 is 0 Å². The predicted octanol–water partition coefficient (Wildman–Crippen LogP) is 0.0584. The zero-order valence-corrected chi connectivity index (χ0v) is 19.6. The van der Waals surface area contributed by atoms with Crippen molar-refractivity contribution < 1.29 is 73.5 Å². The fraction of sp³-hybridized carbons (Fsp3) is 0.375. The Morgan fingerprint density at radius 3 is 1.42 bits per heavy atom. The highest BCUT2D eigenvalue weighted by atomic mass is 127. The second-order valence-corrected chi connectivity index (χ2v) is 11.0. The lowest BCUT2D eigenvalue weighted by Crippen LogP contribution is -3.59. The Bertz CT molecular complexity index is 978. The SMILES string of the molecule is CC(C)(C)C#CC#C[I+]c1ccccc1.O=S(=O)([O-])C(F)(F)F.O=S(=O)([O-])C(F)(F)F. The van der Waals surface area contributed by atoms with E-state index < -0.39 is 31.3 Å². The Hall–Kier alpha value is -1.53. The monoisotopic (exact) mass is 607 g/mol. The maximum atomic E-state index is 10.7. The lowest BCUT2D eigenvalue weighted by molar-refractivity contribution is -0.535. The van der Waals surface area contributed by atoms with Crippen LogP contribution in [0.1, 0.15) is 20.8 Å². The third-order valence-corrected chi connectivity index (χ3v) is 5.02. The number of hydrogen-bond donors (Lipinski definition) is 0. The summed E-state index contributed by atoms with van der Waals surface area (Å²) in [6.45, 7) is 6.27. The van der Waals surface area contributed by atoms with Crippen LogP contribution in [0.15, 0.2) is 30.3 Å². The van der Waals surface area contributed by atoms with Crippen molar-refractivity contribution in [2.75, 3.05) is 0 Å². The first-order valence-electron chi connectivity index (χ1n) is 7.33. The van der Waals surface area contributed by atoms with Crippen LogP contribution in [0.25, 0.3) is 0 Å². The van der Waals surface area contributed by atoms with Crippen LogP contribution in [0.2, 0.25) is 0 Å². The molecule has 0 saturated heterocycles. The van der Waals surface area contributed by atoms with Gasteiger partial charge in [-0.2, -0.15) is 26.3 Å². The smallest absolute Gasteiger partial charge is 0.485 e. The Labute approximate surface area is 186 Å². The number of rotatable bonds is 1. The molecule has 0 bridgehead atoms. The summed E-state index contributed by atoms with van der Waals surface area (Å²) in [6, 6.07) is 10.4. The van der Waals surface area contributed by atoms with Crippen LogP contribution in [-0.4, -0.2) is 37.0 Å². The van der Waals surface area contributed by atoms with Gasteiger partial charge in [-0.05, 0) is 38.8 Å². The topological polar surface area (TPSA) is 114 Å². The van der Waals surface area contributed by atoms with Gasteiger partial charge in [-0.15, -0.1) is 0 Å². The highest BCUT2D eigenvalue weighted by Crippen LogP contribution is 2.21. The lowest BCUT2D eigenvalue weighted by atomic mass is 9.98. The van der Waals surface area contributed by atoms with Gasteiger partial charge in [0.15, 0.2) is 20.2 Å². The highest BCUT2D eigenvalue weighted by molar-refractivity contribution is 7.86. The molecule has 0 unspecified atom stereocenters. The van der Waals surface area contributed by atoms with E-state index in [1.54, 1.807) is 0 Å². The molecule has 0 fully saturated rings. The van der Waals surface area contributed by atoms with Crippen LogP contribution in [0.4, 0.5) is 26.3 Å². The van der Waals surface area contributed by atoms with Crippen LogP contribution in [-0.2, 0) is 20.2 Å². The van der Waals surface area contributed by atoms with Crippen molar-refractivity contribution >= 4 is 20.2 Å². The molecule has 0 saturated carbocycles. The normalized spacial score (nSPS) is 11.8. The molecule has 6 nitrogen and oxygen atoms in total. The first kappa shape index (κ1) is 31.7. The first-order valence-corrected chi connectivity index (χ1v) is 12.3. The van der Waals surface area contributed by atoms with Gasteiger partial charge in [0.05, 0.1) is 0 Å². The molecule has 176 valence electrons. The molecule has 31 heavy (non-hydrogen) atoms. The third kappa shape index (κ3) is 17.8. The average Bonchev–Trinajstić information content (AvgIpc) is 2.52. The zero-order chi connectivity index (χ0) is 25.1. The minimum absolute atomic E-state index is 0.0553. The summed E-state index contributed by atoms with van der Waals surface area (Å²) in [7, 11) is -12.2. The van der Waals surface area contributed by atoms with Crippen LogP contribution < -0.4 is 21.2 Å². The Morgan fingerprint density at radius 1 is 0.774 bits per heavy atom. The van der Waals surface area contributed by atoms with Crippen molar-refractivity contribution in [2.45, 2.75) is 31.8 Å². The molecule has 0 heterocycles. The fourth-order valence-corrected chi connectivity index (χ4v) is 2.15. The van der Waals surface area contributed by atoms with Gasteiger partial charge < -0.3 is 9.11 Å². The summed E-state index contributed by atoms with van der Waals surface area (Å²) in [5.41, 5.74) is -11.2. The van der Waals surface area contributed by atoms with Gasteiger partial charge >= 0.3 is 32.2 Å². The standard InChI is InChI=1S/C14H14I.2CHF3O3S/c1-14(2,3)11-7-8-12-15-13-9-5-4-6-10-13;2*2-1(3,4)8(5,6)7/h4-6,9-10H,1-3H3;2*(H,5,6,7)/q+1;;/p-2. The van der Waals surface area contributed by atoms with Crippen molar-refractivity contribution in [1.29, 1.82) is 0 Å². The van der Waals surface area contributed by atoms with Gasteiger partial charge in [0.2, 0.25) is 7.50 Å². The molecule has 15 heteroatoms. The molecular weight excluding hydrogens is 593 g/mol. The van der Waals surface area contributed by atoms with Crippen LogP contribution in [0, 0.1) is 30.7 Å². The molecule has 0 amide bonds. The van der Waals surface area contributed by atoms with Gasteiger partial charge in [-0.1, -0.05) is 24.1 Å². The van der Waals surface area contributed by atoms with E-state index in [2.05, 4.69) is 66.7 Å². The number of benzene rings is 1. The molecule has 0 aliphatic carbocycles. The zero-order valence-electron chi connectivity index (χ0n) is 15.8. The summed E-state index contributed by atoms with van der Waals surface area (Å²) in [5.74, 6) is 8.94. The second kappa shape index (κ2) is 12.5. The minimum Gasteiger partial charge on any atom is -0.741 e. The Kier molecular flexibility index (Phi) is 12.8. The van der Waals surface area contributed by atoms with Gasteiger partial charge in [-0.3, -0.25) is 0 Å². The molecule has 0 aromatic heterocycles. The minimum atomic E-state index is -6.09. The van der Waals surface area contributed by atoms with E-state index in [0.717, 1.165) is 0 Å². The maximum Gasteiger partial charge on any atom is 0.485 e. The second-order valence-electron chi connectivity index (χ2n) is 5.91. The largest absolute Gasteiger partial charge is 0.741 e. The molecular formula is C16H14F6IO6S2-. The van der Waals surface area contributed by atoms with Crippen molar-refractivity contribution in [3.8, 4) is 21.7 Å². The lowest BCUT2D eigenvalue weighted by Gasteiger charge is -2.08. The first-order chi connectivity index (χ1) is 13.6. The van der Waals surface area contributed by atoms with Crippen molar-refractivity contribution in [3.05, 3.63) is 33.9 Å². The molecule has 0 spiro atoms. The Balaban J connectivity index is 0. The molecule has 0 atom stereocenters. The van der Waals surface area contributed by atoms with E-state index in [1.807, 2.05) is 6.07 Å². The fourth-order valence-electron chi connectivity index (χ4n) is 0.798. The van der Waals surface area contributed by atoms with Crippen molar-refractivity contribution in [1.82, 2.24) is 0 Å². The molecule has 1 rings (SSSR count). The molecule has 1 aromatic rings. The van der Waals surface area contributed by atoms with Crippen LogP contribution in [0.3, 0.4) is 0 Å². The van der Waals surface area contributed by atoms with Crippen molar-refractivity contribution in [3.63, 3.8) is 0 Å². The summed E-state index contributed by atoms with van der Waals surface area (Å²) >= 11 is -0.186. The number of alkyl halides is 6. The summed E-state index contributed by atoms with van der Waals surface area (Å²) in [5, 5.41) is 0. The third-order valence-electron chi connectivity index (χ3n) is 2.00. The average molecular weight is 607 g/mol. The van der Waals surface area contributed by atoms with Gasteiger partial charge in [0.25, 0.3) is 0 Å². The van der Waals surface area contributed by atoms with Gasteiger partial charge in [0, 0.05) is 11.3 Å². The van der Waals surface area contributed by atoms with E-state index in [9.17, 15) is 26.3 Å². The van der Waals surface area contributed by atoms with Crippen molar-refractivity contribution in [2.24, 2.45) is 5.41 Å². The summed E-state index contributed by atoms with van der Waals surface area (Å²) < 4.78 is 122. The summed E-state index contributed by atoms with van der Waals surface area (Å²) in [4.78, 5) is 0. The number of hydrogen-bond acceptors (Lipinski definition) is 6. The maximum absolute atomic E-state index is 10.7. The molecule has 0 aliphatic rings. The van der Waals surface area contributed by atoms with Crippen LogP contribution >= 0.6 is 0 Å². The van der Waals surface area contributed by atoms with E-state index in [4.69, 9.17) is 25.9 Å². The van der Waals surface area contributed by atoms with Crippen LogP contribution in [0.5, 0.6) is 0 Å². The molecule has 0 N–H and O–H groups in total. The summed E-state index contributed by atoms with van der Waals surface area (Å²) in [6.07, 6.45) is 0. The quantitative estimate of drug-likeness (QED) is 0.147. The van der Waals surface area contributed by atoms with E-state index in [1.165, 1.54) is 3.57 Å². The van der Waals surface area contributed by atoms with Gasteiger partial charge in [-0.25, -0.2) is 16.8 Å². The Morgan fingerprint density at radius 2 is 1.13 bits per heavy atom. The van der Waals surface area contributed by atoms with E-state index in [-0.39, 0.29) is 26.6 Å². The van der Waals surface area contributed by atoms with Gasteiger partial charge in [0.1, 0.15) is 0 Å².